The summed E-state index contributed by atoms with van der Waals surface area (Å²) < 4.78 is 5.23. The summed E-state index contributed by atoms with van der Waals surface area (Å²) in [6.45, 7) is -0.324. The average molecular weight is 485 g/mol. The second-order valence-electron chi connectivity index (χ2n) is 7.93. The lowest BCUT2D eigenvalue weighted by molar-refractivity contribution is -0.385. The van der Waals surface area contributed by atoms with Crippen molar-refractivity contribution in [3.8, 4) is 5.75 Å². The van der Waals surface area contributed by atoms with E-state index in [4.69, 9.17) is 4.74 Å². The van der Waals surface area contributed by atoms with Crippen molar-refractivity contribution in [1.29, 1.82) is 0 Å². The highest BCUT2D eigenvalue weighted by Crippen LogP contribution is 2.31. The quantitative estimate of drug-likeness (QED) is 0.170. The topological polar surface area (TPSA) is 144 Å². The zero-order chi connectivity index (χ0) is 25.6. The molecular weight excluding hydrogens is 470 g/mol. The van der Waals surface area contributed by atoms with Crippen LogP contribution in [0.15, 0.2) is 66.7 Å². The van der Waals surface area contributed by atoms with Crippen molar-refractivity contribution >= 4 is 41.0 Å². The largest absolute Gasteiger partial charge is 0.426 e. The maximum absolute atomic E-state index is 12.6. The minimum atomic E-state index is -0.847. The van der Waals surface area contributed by atoms with Crippen LogP contribution in [-0.4, -0.2) is 46.0 Å². The van der Waals surface area contributed by atoms with Gasteiger partial charge in [-0.25, -0.2) is 4.90 Å². The Morgan fingerprint density at radius 2 is 1.39 bits per heavy atom. The van der Waals surface area contributed by atoms with E-state index in [0.717, 1.165) is 15.9 Å². The fourth-order valence-corrected chi connectivity index (χ4v) is 4.14. The molecule has 0 aliphatic carbocycles. The first kappa shape index (κ1) is 22.6. The smallest absolute Gasteiger partial charge is 0.312 e. The molecule has 4 amide bonds. The fourth-order valence-electron chi connectivity index (χ4n) is 4.14. The van der Waals surface area contributed by atoms with Gasteiger partial charge in [0.2, 0.25) is 0 Å². The molecule has 11 heteroatoms. The number of nitro benzene ring substituents is 1. The summed E-state index contributed by atoms with van der Waals surface area (Å²) in [6.07, 6.45) is -0.348. The Bertz CT molecular complexity index is 1460. The van der Waals surface area contributed by atoms with Gasteiger partial charge in [-0.1, -0.05) is 18.2 Å². The summed E-state index contributed by atoms with van der Waals surface area (Å²) in [6, 6.07) is 15.9. The van der Waals surface area contributed by atoms with Crippen LogP contribution in [0.5, 0.6) is 5.75 Å². The molecule has 0 aromatic heterocycles. The van der Waals surface area contributed by atoms with Gasteiger partial charge in [-0.15, -0.1) is 0 Å². The molecule has 0 atom stereocenters. The first-order chi connectivity index (χ1) is 17.3. The van der Waals surface area contributed by atoms with Gasteiger partial charge in [0.15, 0.2) is 0 Å². The number of nitro groups is 1. The third kappa shape index (κ3) is 3.59. The predicted molar refractivity (Wildman–Crippen MR) is 123 cm³/mol. The number of nitrogens with zero attached hydrogens (tertiary/aromatic N) is 3. The van der Waals surface area contributed by atoms with Gasteiger partial charge in [-0.3, -0.25) is 39.0 Å². The number of amides is 4. The van der Waals surface area contributed by atoms with Crippen molar-refractivity contribution in [2.75, 3.05) is 11.4 Å². The number of carbonyl (C=O) groups excluding carboxylic acids is 5. The molecule has 3 aromatic carbocycles. The SMILES string of the molecule is O=C(CCN1C(=O)c2cccc([N+](=O)[O-])c2C1=O)Oc1ccc(N2C(=O)c3ccccc3C2=O)cc1. The number of hydrogen-bond donors (Lipinski definition) is 0. The number of carbonyl (C=O) groups is 5. The molecule has 0 bridgehead atoms. The molecule has 2 heterocycles. The molecule has 0 unspecified atom stereocenters. The van der Waals surface area contributed by atoms with E-state index in [9.17, 15) is 34.1 Å². The second kappa shape index (κ2) is 8.55. The van der Waals surface area contributed by atoms with Crippen LogP contribution in [0, 0.1) is 10.1 Å². The highest BCUT2D eigenvalue weighted by atomic mass is 16.6. The van der Waals surface area contributed by atoms with Crippen molar-refractivity contribution in [1.82, 2.24) is 4.90 Å². The third-order valence-electron chi connectivity index (χ3n) is 5.83. The molecule has 11 nitrogen and oxygen atoms in total. The number of fused-ring (bicyclic) bond motifs is 2. The fraction of sp³-hybridized carbons (Fsp3) is 0.0800. The average Bonchev–Trinajstić information content (AvgIpc) is 3.27. The monoisotopic (exact) mass is 485 g/mol. The number of rotatable bonds is 6. The zero-order valence-electron chi connectivity index (χ0n) is 18.4. The molecule has 178 valence electrons. The Kier molecular flexibility index (Phi) is 5.36. The Hall–Kier alpha value is -5.19. The van der Waals surface area contributed by atoms with Gasteiger partial charge in [0.1, 0.15) is 11.3 Å². The maximum Gasteiger partial charge on any atom is 0.312 e. The molecule has 0 radical (unpaired) electrons. The van der Waals surface area contributed by atoms with Crippen molar-refractivity contribution in [3.63, 3.8) is 0 Å². The predicted octanol–water partition coefficient (Wildman–Crippen LogP) is 2.99. The van der Waals surface area contributed by atoms with Gasteiger partial charge in [0.05, 0.1) is 33.7 Å². The molecule has 0 saturated heterocycles. The van der Waals surface area contributed by atoms with Crippen LogP contribution in [0.3, 0.4) is 0 Å². The lowest BCUT2D eigenvalue weighted by atomic mass is 10.1. The highest BCUT2D eigenvalue weighted by Gasteiger charge is 2.41. The molecule has 36 heavy (non-hydrogen) atoms. The van der Waals surface area contributed by atoms with Crippen LogP contribution in [-0.2, 0) is 4.79 Å². The summed E-state index contributed by atoms with van der Waals surface area (Å²) in [7, 11) is 0. The van der Waals surface area contributed by atoms with E-state index in [-0.39, 0.29) is 29.8 Å². The van der Waals surface area contributed by atoms with Crippen molar-refractivity contribution < 1.29 is 33.6 Å². The molecule has 5 rings (SSSR count). The van der Waals surface area contributed by atoms with Crippen LogP contribution < -0.4 is 9.64 Å². The normalized spacial score (nSPS) is 14.2. The Labute approximate surface area is 202 Å². The van der Waals surface area contributed by atoms with E-state index in [1.54, 1.807) is 24.3 Å². The van der Waals surface area contributed by atoms with Gasteiger partial charge in [-0.05, 0) is 42.5 Å². The first-order valence-electron chi connectivity index (χ1n) is 10.7. The highest BCUT2D eigenvalue weighted by molar-refractivity contribution is 6.34. The van der Waals surface area contributed by atoms with Gasteiger partial charge < -0.3 is 4.74 Å². The first-order valence-corrected chi connectivity index (χ1v) is 10.7. The van der Waals surface area contributed by atoms with Crippen molar-refractivity contribution in [3.05, 3.63) is 99.1 Å². The Balaban J connectivity index is 1.23. The number of esters is 1. The molecule has 2 aliphatic heterocycles. The van der Waals surface area contributed by atoms with Gasteiger partial charge >= 0.3 is 5.97 Å². The number of anilines is 1. The molecule has 3 aromatic rings. The lowest BCUT2D eigenvalue weighted by Crippen LogP contribution is -2.32. The van der Waals surface area contributed by atoms with E-state index < -0.39 is 40.2 Å². The Morgan fingerprint density at radius 1 is 0.778 bits per heavy atom. The second-order valence-corrected chi connectivity index (χ2v) is 7.93. The molecule has 0 saturated carbocycles. The van der Waals surface area contributed by atoms with Crippen LogP contribution >= 0.6 is 0 Å². The molecule has 2 aliphatic rings. The molecule has 0 N–H and O–H groups in total. The van der Waals surface area contributed by atoms with E-state index in [1.807, 2.05) is 0 Å². The third-order valence-corrected chi connectivity index (χ3v) is 5.83. The van der Waals surface area contributed by atoms with Crippen molar-refractivity contribution in [2.45, 2.75) is 6.42 Å². The minimum absolute atomic E-state index is 0.0914. The summed E-state index contributed by atoms with van der Waals surface area (Å²) >= 11 is 0. The van der Waals surface area contributed by atoms with E-state index in [2.05, 4.69) is 0 Å². The number of benzene rings is 3. The standard InChI is InChI=1S/C25H15N3O8/c29-20(12-13-26-22(30)18-6-3-7-19(28(34)35)21(18)25(26)33)36-15-10-8-14(9-11-15)27-23(31)16-4-1-2-5-17(16)24(27)32/h1-11H,12-13H2. The summed E-state index contributed by atoms with van der Waals surface area (Å²) in [5.41, 5.74) is 0.0339. The molecule has 0 spiro atoms. The summed E-state index contributed by atoms with van der Waals surface area (Å²) in [4.78, 5) is 74.9. The van der Waals surface area contributed by atoms with Gasteiger partial charge in [-0.2, -0.15) is 0 Å². The van der Waals surface area contributed by atoms with Crippen LogP contribution in [0.4, 0.5) is 11.4 Å². The van der Waals surface area contributed by atoms with E-state index >= 15 is 0 Å². The van der Waals surface area contributed by atoms with Crippen LogP contribution in [0.2, 0.25) is 0 Å². The van der Waals surface area contributed by atoms with Crippen molar-refractivity contribution in [2.24, 2.45) is 0 Å². The molecule has 0 fully saturated rings. The van der Waals surface area contributed by atoms with E-state index in [0.29, 0.717) is 16.8 Å². The van der Waals surface area contributed by atoms with Gasteiger partial charge in [0, 0.05) is 12.6 Å². The summed E-state index contributed by atoms with van der Waals surface area (Å²) in [5.74, 6) is -3.12. The van der Waals surface area contributed by atoms with Crippen LogP contribution in [0.1, 0.15) is 47.9 Å². The minimum Gasteiger partial charge on any atom is -0.426 e. The number of hydrogen-bond acceptors (Lipinski definition) is 8. The van der Waals surface area contributed by atoms with Gasteiger partial charge in [0.25, 0.3) is 29.3 Å². The molecular formula is C25H15N3O8. The number of imide groups is 2. The maximum atomic E-state index is 12.6. The lowest BCUT2D eigenvalue weighted by Gasteiger charge is -2.15. The van der Waals surface area contributed by atoms with Crippen LogP contribution in [0.25, 0.3) is 0 Å². The zero-order valence-corrected chi connectivity index (χ0v) is 18.4. The van der Waals surface area contributed by atoms with E-state index in [1.165, 1.54) is 36.4 Å². The Morgan fingerprint density at radius 3 is 2.00 bits per heavy atom. The number of ether oxygens (including phenoxy) is 1. The summed E-state index contributed by atoms with van der Waals surface area (Å²) in [5, 5.41) is 11.2.